The average molecular weight is 254 g/mol. The third-order valence-electron chi connectivity index (χ3n) is 3.33. The molecule has 98 valence electrons. The number of fused-ring (bicyclic) bond motifs is 2. The normalized spacial score (nSPS) is 23.8. The van der Waals surface area contributed by atoms with E-state index >= 15 is 0 Å². The molecule has 0 radical (unpaired) electrons. The minimum absolute atomic E-state index is 0.419. The molecule has 1 unspecified atom stereocenters. The minimum atomic E-state index is -0.419. The summed E-state index contributed by atoms with van der Waals surface area (Å²) in [5, 5.41) is 3.42. The predicted octanol–water partition coefficient (Wildman–Crippen LogP) is 2.42. The molecule has 3 N–H and O–H groups in total. The molecule has 0 saturated carbocycles. The van der Waals surface area contributed by atoms with Gasteiger partial charge in [0.2, 0.25) is 0 Å². The number of aliphatic imine (C=N–C) groups is 1. The molecule has 2 aliphatic rings. The lowest BCUT2D eigenvalue weighted by Gasteiger charge is -2.28. The van der Waals surface area contributed by atoms with E-state index in [0.717, 1.165) is 28.5 Å². The van der Waals surface area contributed by atoms with Gasteiger partial charge in [-0.25, -0.2) is 4.99 Å². The Morgan fingerprint density at radius 1 is 1.32 bits per heavy atom. The largest absolute Gasteiger partial charge is 0.376 e. The van der Waals surface area contributed by atoms with E-state index < -0.39 is 5.54 Å². The highest BCUT2D eigenvalue weighted by atomic mass is 15.1. The lowest BCUT2D eigenvalue weighted by atomic mass is 9.93. The van der Waals surface area contributed by atoms with Crippen LogP contribution in [-0.4, -0.2) is 25.3 Å². The van der Waals surface area contributed by atoms with Crippen molar-refractivity contribution in [1.29, 1.82) is 0 Å². The molecule has 0 spiro atoms. The Morgan fingerprint density at radius 3 is 2.84 bits per heavy atom. The zero-order valence-electron chi connectivity index (χ0n) is 11.4. The van der Waals surface area contributed by atoms with Crippen LogP contribution in [-0.2, 0) is 0 Å². The number of hydrogen-bond donors (Lipinski definition) is 2. The first kappa shape index (κ1) is 12.0. The second kappa shape index (κ2) is 3.96. The molecule has 0 bridgehead atoms. The summed E-state index contributed by atoms with van der Waals surface area (Å²) in [6, 6.07) is 6.14. The second-order valence-electron chi connectivity index (χ2n) is 5.45. The standard InChI is InChI=1S/C15H18N4/c1-15(16)8-7-10-12(9-15)17-11-5-4-6-13(19(2)3)14(11)18-10/h4-9,17H,16H2,1-3H3. The number of nitrogens with zero attached hydrogens (tertiary/aromatic N) is 2. The van der Waals surface area contributed by atoms with E-state index in [4.69, 9.17) is 10.7 Å². The summed E-state index contributed by atoms with van der Waals surface area (Å²) in [7, 11) is 4.05. The van der Waals surface area contributed by atoms with Crippen molar-refractivity contribution in [3.05, 3.63) is 42.1 Å². The van der Waals surface area contributed by atoms with Gasteiger partial charge in [0, 0.05) is 14.1 Å². The first-order valence-corrected chi connectivity index (χ1v) is 6.34. The Bertz CT molecular complexity index is 621. The lowest BCUT2D eigenvalue weighted by Crippen LogP contribution is -2.36. The fourth-order valence-electron chi connectivity index (χ4n) is 2.36. The van der Waals surface area contributed by atoms with Crippen molar-refractivity contribution in [2.45, 2.75) is 12.5 Å². The van der Waals surface area contributed by atoms with Gasteiger partial charge in [-0.05, 0) is 31.2 Å². The molecule has 1 aromatic carbocycles. The zero-order valence-corrected chi connectivity index (χ0v) is 11.4. The SMILES string of the molecule is CN(C)c1cccc2c1N=C1C=CC(C)(N)C=C1N2. The number of allylic oxidation sites excluding steroid dienone is 1. The number of para-hydroxylation sites is 1. The van der Waals surface area contributed by atoms with Crippen LogP contribution in [0.1, 0.15) is 6.92 Å². The molecule has 0 fully saturated rings. The third-order valence-corrected chi connectivity index (χ3v) is 3.33. The van der Waals surface area contributed by atoms with Gasteiger partial charge < -0.3 is 16.0 Å². The van der Waals surface area contributed by atoms with E-state index in [0.29, 0.717) is 0 Å². The van der Waals surface area contributed by atoms with Crippen LogP contribution < -0.4 is 16.0 Å². The maximum absolute atomic E-state index is 6.12. The van der Waals surface area contributed by atoms with Crippen LogP contribution in [0.4, 0.5) is 17.1 Å². The van der Waals surface area contributed by atoms with Crippen LogP contribution >= 0.6 is 0 Å². The summed E-state index contributed by atoms with van der Waals surface area (Å²) in [6.07, 6.45) is 5.97. The van der Waals surface area contributed by atoms with Crippen molar-refractivity contribution < 1.29 is 0 Å². The second-order valence-corrected chi connectivity index (χ2v) is 5.45. The summed E-state index contributed by atoms with van der Waals surface area (Å²) in [4.78, 5) is 6.82. The van der Waals surface area contributed by atoms with Crippen LogP contribution in [0.15, 0.2) is 47.1 Å². The fraction of sp³-hybridized carbons (Fsp3) is 0.267. The maximum atomic E-state index is 6.12. The Labute approximate surface area is 113 Å². The van der Waals surface area contributed by atoms with Crippen LogP contribution in [0.3, 0.4) is 0 Å². The molecule has 4 heteroatoms. The third kappa shape index (κ3) is 2.04. The van der Waals surface area contributed by atoms with E-state index in [1.807, 2.05) is 51.4 Å². The monoisotopic (exact) mass is 254 g/mol. The molecule has 0 saturated heterocycles. The van der Waals surface area contributed by atoms with Crippen LogP contribution in [0.25, 0.3) is 0 Å². The number of anilines is 2. The number of rotatable bonds is 1. The Morgan fingerprint density at radius 2 is 2.11 bits per heavy atom. The van der Waals surface area contributed by atoms with Crippen molar-refractivity contribution >= 4 is 22.8 Å². The van der Waals surface area contributed by atoms with Crippen molar-refractivity contribution in [3.8, 4) is 0 Å². The van der Waals surface area contributed by atoms with Crippen molar-refractivity contribution in [2.24, 2.45) is 10.7 Å². The summed E-state index contributed by atoms with van der Waals surface area (Å²) in [5.74, 6) is 0. The smallest absolute Gasteiger partial charge is 0.111 e. The first-order chi connectivity index (χ1) is 8.96. The highest BCUT2D eigenvalue weighted by Gasteiger charge is 2.24. The Kier molecular flexibility index (Phi) is 2.50. The minimum Gasteiger partial charge on any atom is -0.376 e. The van der Waals surface area contributed by atoms with E-state index in [9.17, 15) is 0 Å². The van der Waals surface area contributed by atoms with E-state index in [1.165, 1.54) is 0 Å². The van der Waals surface area contributed by atoms with Gasteiger partial charge in [-0.15, -0.1) is 0 Å². The first-order valence-electron chi connectivity index (χ1n) is 6.34. The van der Waals surface area contributed by atoms with Gasteiger partial charge in [0.25, 0.3) is 0 Å². The highest BCUT2D eigenvalue weighted by Crippen LogP contribution is 2.40. The lowest BCUT2D eigenvalue weighted by molar-refractivity contribution is 0.728. The summed E-state index contributed by atoms with van der Waals surface area (Å²) < 4.78 is 0. The number of benzene rings is 1. The molecule has 1 heterocycles. The van der Waals surface area contributed by atoms with Gasteiger partial charge in [0.1, 0.15) is 5.69 Å². The molecule has 1 aliphatic carbocycles. The maximum Gasteiger partial charge on any atom is 0.111 e. The van der Waals surface area contributed by atoms with Crippen molar-refractivity contribution in [2.75, 3.05) is 24.3 Å². The Balaban J connectivity index is 2.13. The summed E-state index contributed by atoms with van der Waals surface area (Å²) >= 11 is 0. The van der Waals surface area contributed by atoms with Gasteiger partial charge in [-0.1, -0.05) is 12.1 Å². The molecule has 3 rings (SSSR count). The fourth-order valence-corrected chi connectivity index (χ4v) is 2.36. The quantitative estimate of drug-likeness (QED) is 0.809. The topological polar surface area (TPSA) is 53.6 Å². The highest BCUT2D eigenvalue weighted by molar-refractivity contribution is 6.16. The van der Waals surface area contributed by atoms with Crippen LogP contribution in [0.2, 0.25) is 0 Å². The number of nitrogens with two attached hydrogens (primary N) is 1. The van der Waals surface area contributed by atoms with Crippen molar-refractivity contribution in [3.63, 3.8) is 0 Å². The zero-order chi connectivity index (χ0) is 13.6. The molecule has 1 aliphatic heterocycles. The molecular formula is C15H18N4. The van der Waals surface area contributed by atoms with Crippen LogP contribution in [0, 0.1) is 0 Å². The molecule has 4 nitrogen and oxygen atoms in total. The summed E-state index contributed by atoms with van der Waals surface area (Å²) in [5.41, 5.74) is 10.7. The van der Waals surface area contributed by atoms with Gasteiger partial charge in [0.15, 0.2) is 0 Å². The van der Waals surface area contributed by atoms with Gasteiger partial charge >= 0.3 is 0 Å². The molecule has 1 atom stereocenters. The Hall–Kier alpha value is -2.07. The predicted molar refractivity (Wildman–Crippen MR) is 81.3 cm³/mol. The van der Waals surface area contributed by atoms with Gasteiger partial charge in [-0.2, -0.15) is 0 Å². The molecule has 1 aromatic rings. The number of hydrogen-bond acceptors (Lipinski definition) is 4. The molecule has 0 amide bonds. The molecule has 0 aromatic heterocycles. The summed E-state index contributed by atoms with van der Waals surface area (Å²) in [6.45, 7) is 1.97. The van der Waals surface area contributed by atoms with E-state index in [1.54, 1.807) is 0 Å². The van der Waals surface area contributed by atoms with Gasteiger partial charge in [0.05, 0.1) is 28.3 Å². The van der Waals surface area contributed by atoms with Gasteiger partial charge in [-0.3, -0.25) is 0 Å². The van der Waals surface area contributed by atoms with E-state index in [-0.39, 0.29) is 0 Å². The average Bonchev–Trinajstić information content (AvgIpc) is 2.34. The number of nitrogens with one attached hydrogen (secondary N) is 1. The van der Waals surface area contributed by atoms with Crippen molar-refractivity contribution in [1.82, 2.24) is 0 Å². The molecule has 19 heavy (non-hydrogen) atoms. The van der Waals surface area contributed by atoms with E-state index in [2.05, 4.69) is 16.3 Å². The van der Waals surface area contributed by atoms with Crippen LogP contribution in [0.5, 0.6) is 0 Å². The molecular weight excluding hydrogens is 236 g/mol.